The molecule has 0 bridgehead atoms. The van der Waals surface area contributed by atoms with Gasteiger partial charge in [0.15, 0.2) is 5.76 Å². The molecule has 0 aliphatic rings. The van der Waals surface area contributed by atoms with Crippen LogP contribution in [-0.4, -0.2) is 50.3 Å². The minimum atomic E-state index is -0.449. The first kappa shape index (κ1) is 24.4. The number of nitrogens with zero attached hydrogens (tertiary/aromatic N) is 2. The zero-order valence-corrected chi connectivity index (χ0v) is 20.7. The Bertz CT molecular complexity index is 1400. The number of ether oxygens (including phenoxy) is 1. The first-order valence-electron chi connectivity index (χ1n) is 11.9. The molecule has 0 aliphatic heterocycles. The van der Waals surface area contributed by atoms with Crippen molar-refractivity contribution < 1.29 is 14.3 Å². The number of aromatic hydroxyl groups is 1. The van der Waals surface area contributed by atoms with Gasteiger partial charge in [0.1, 0.15) is 17.9 Å². The van der Waals surface area contributed by atoms with Gasteiger partial charge in [-0.05, 0) is 71.9 Å². The highest BCUT2D eigenvalue weighted by Gasteiger charge is 2.13. The molecule has 4 rings (SSSR count). The van der Waals surface area contributed by atoms with Crippen molar-refractivity contribution in [3.63, 3.8) is 0 Å². The topological polar surface area (TPSA) is 66.2 Å². The normalized spacial score (nSPS) is 11.7. The molecule has 182 valence electrons. The molecular formula is C29H32N2O4. The van der Waals surface area contributed by atoms with Crippen LogP contribution in [-0.2, 0) is 0 Å². The summed E-state index contributed by atoms with van der Waals surface area (Å²) in [6.45, 7) is 7.74. The maximum Gasteiger partial charge on any atom is 0.235 e. The van der Waals surface area contributed by atoms with Crippen LogP contribution in [0.4, 0.5) is 5.69 Å². The lowest BCUT2D eigenvalue weighted by Gasteiger charge is -2.18. The lowest BCUT2D eigenvalue weighted by atomic mass is 10.1. The SMILES string of the molecule is CCN(CC)CCOc1ccc2cc3c(=O)c(O)c(/C=C/c4ccc(N(C)C)cc4)oc3cc2c1. The number of likely N-dealkylation sites (N-methyl/N-ethyl adjacent to an activating group) is 1. The highest BCUT2D eigenvalue weighted by atomic mass is 16.5. The minimum absolute atomic E-state index is 0.130. The monoisotopic (exact) mass is 472 g/mol. The molecule has 0 fully saturated rings. The zero-order valence-electron chi connectivity index (χ0n) is 20.7. The van der Waals surface area contributed by atoms with Gasteiger partial charge in [0.2, 0.25) is 11.2 Å². The molecule has 6 nitrogen and oxygen atoms in total. The van der Waals surface area contributed by atoms with E-state index in [1.165, 1.54) is 0 Å². The molecule has 0 unspecified atom stereocenters. The third-order valence-electron chi connectivity index (χ3n) is 6.23. The van der Waals surface area contributed by atoms with Crippen LogP contribution in [0.1, 0.15) is 25.2 Å². The molecule has 1 aromatic heterocycles. The van der Waals surface area contributed by atoms with Crippen molar-refractivity contribution in [2.24, 2.45) is 0 Å². The van der Waals surface area contributed by atoms with E-state index in [0.717, 1.165) is 47.4 Å². The fourth-order valence-corrected chi connectivity index (χ4v) is 4.01. The zero-order chi connectivity index (χ0) is 24.9. The van der Waals surface area contributed by atoms with E-state index in [9.17, 15) is 9.90 Å². The molecule has 0 aliphatic carbocycles. The highest BCUT2D eigenvalue weighted by molar-refractivity contribution is 5.97. The van der Waals surface area contributed by atoms with Crippen molar-refractivity contribution in [3.8, 4) is 11.5 Å². The second kappa shape index (κ2) is 10.7. The van der Waals surface area contributed by atoms with Crippen molar-refractivity contribution in [1.29, 1.82) is 0 Å². The van der Waals surface area contributed by atoms with Gasteiger partial charge in [-0.3, -0.25) is 4.79 Å². The third-order valence-corrected chi connectivity index (χ3v) is 6.23. The standard InChI is InChI=1S/C29H32N2O4/c1-5-31(6-2)15-16-34-24-13-10-21-18-25-27(19-22(21)17-24)35-26(29(33)28(25)32)14-9-20-7-11-23(12-8-20)30(3)4/h7-14,17-19,33H,5-6,15-16H2,1-4H3/b14-9+. The molecule has 0 atom stereocenters. The molecule has 0 amide bonds. The molecule has 35 heavy (non-hydrogen) atoms. The number of hydrogen-bond donors (Lipinski definition) is 1. The van der Waals surface area contributed by atoms with Gasteiger partial charge in [0.25, 0.3) is 0 Å². The number of fused-ring (bicyclic) bond motifs is 2. The van der Waals surface area contributed by atoms with Gasteiger partial charge >= 0.3 is 0 Å². The van der Waals surface area contributed by atoms with Gasteiger partial charge in [-0.2, -0.15) is 0 Å². The molecule has 0 spiro atoms. The molecule has 0 saturated heterocycles. The Morgan fingerprint density at radius 2 is 1.69 bits per heavy atom. The largest absolute Gasteiger partial charge is 0.502 e. The molecule has 0 radical (unpaired) electrons. The second-order valence-corrected chi connectivity index (χ2v) is 8.70. The van der Waals surface area contributed by atoms with Crippen LogP contribution in [0.5, 0.6) is 11.5 Å². The van der Waals surface area contributed by atoms with Gasteiger partial charge in [0.05, 0.1) is 5.39 Å². The van der Waals surface area contributed by atoms with Crippen LogP contribution >= 0.6 is 0 Å². The molecule has 1 heterocycles. The van der Waals surface area contributed by atoms with Gasteiger partial charge in [-0.25, -0.2) is 0 Å². The smallest absolute Gasteiger partial charge is 0.235 e. The first-order chi connectivity index (χ1) is 16.9. The average molecular weight is 473 g/mol. The Balaban J connectivity index is 1.63. The average Bonchev–Trinajstić information content (AvgIpc) is 2.87. The van der Waals surface area contributed by atoms with Crippen LogP contribution in [0, 0.1) is 0 Å². The quantitative estimate of drug-likeness (QED) is 0.320. The fraction of sp³-hybridized carbons (Fsp3) is 0.276. The summed E-state index contributed by atoms with van der Waals surface area (Å²) in [6, 6.07) is 17.3. The Labute approximate surface area is 205 Å². The summed E-state index contributed by atoms with van der Waals surface area (Å²) in [7, 11) is 3.97. The van der Waals surface area contributed by atoms with Gasteiger partial charge in [-0.15, -0.1) is 0 Å². The van der Waals surface area contributed by atoms with E-state index in [-0.39, 0.29) is 5.76 Å². The van der Waals surface area contributed by atoms with Gasteiger partial charge < -0.3 is 24.1 Å². The van der Waals surface area contributed by atoms with Crippen molar-refractivity contribution in [2.45, 2.75) is 13.8 Å². The fourth-order valence-electron chi connectivity index (χ4n) is 4.01. The molecule has 4 aromatic rings. The van der Waals surface area contributed by atoms with Crippen molar-refractivity contribution >= 4 is 39.6 Å². The summed E-state index contributed by atoms with van der Waals surface area (Å²) >= 11 is 0. The number of rotatable bonds is 9. The summed E-state index contributed by atoms with van der Waals surface area (Å²) in [5.41, 5.74) is 1.99. The first-order valence-corrected chi connectivity index (χ1v) is 11.9. The lowest BCUT2D eigenvalue weighted by molar-refractivity contribution is 0.223. The minimum Gasteiger partial charge on any atom is -0.502 e. The summed E-state index contributed by atoms with van der Waals surface area (Å²) in [4.78, 5) is 17.2. The Morgan fingerprint density at radius 3 is 2.37 bits per heavy atom. The van der Waals surface area contributed by atoms with Gasteiger partial charge in [-0.1, -0.05) is 38.1 Å². The number of anilines is 1. The van der Waals surface area contributed by atoms with Crippen LogP contribution < -0.4 is 15.1 Å². The van der Waals surface area contributed by atoms with E-state index in [4.69, 9.17) is 9.15 Å². The van der Waals surface area contributed by atoms with E-state index in [2.05, 4.69) is 18.7 Å². The lowest BCUT2D eigenvalue weighted by Crippen LogP contribution is -2.27. The number of benzene rings is 3. The third kappa shape index (κ3) is 5.49. The predicted octanol–water partition coefficient (Wildman–Crippen LogP) is 5.61. The van der Waals surface area contributed by atoms with E-state index in [0.29, 0.717) is 17.6 Å². The van der Waals surface area contributed by atoms with E-state index in [1.54, 1.807) is 12.1 Å². The second-order valence-electron chi connectivity index (χ2n) is 8.70. The highest BCUT2D eigenvalue weighted by Crippen LogP contribution is 2.28. The van der Waals surface area contributed by atoms with Crippen molar-refractivity contribution in [3.05, 3.63) is 76.1 Å². The number of hydrogen-bond acceptors (Lipinski definition) is 6. The molecule has 1 N–H and O–H groups in total. The Morgan fingerprint density at radius 1 is 0.943 bits per heavy atom. The van der Waals surface area contributed by atoms with Crippen LogP contribution in [0.2, 0.25) is 0 Å². The maximum atomic E-state index is 12.9. The van der Waals surface area contributed by atoms with Crippen molar-refractivity contribution in [1.82, 2.24) is 4.90 Å². The molecule has 0 saturated carbocycles. The van der Waals surface area contributed by atoms with Gasteiger partial charge in [0, 0.05) is 26.3 Å². The van der Waals surface area contributed by atoms with Crippen LogP contribution in [0.25, 0.3) is 33.9 Å². The predicted molar refractivity (Wildman–Crippen MR) is 145 cm³/mol. The van der Waals surface area contributed by atoms with E-state index < -0.39 is 11.2 Å². The summed E-state index contributed by atoms with van der Waals surface area (Å²) in [5.74, 6) is 0.506. The van der Waals surface area contributed by atoms with Crippen molar-refractivity contribution in [2.75, 3.05) is 45.2 Å². The maximum absolute atomic E-state index is 12.9. The molecule has 6 heteroatoms. The summed E-state index contributed by atoms with van der Waals surface area (Å²) in [6.07, 6.45) is 3.43. The summed E-state index contributed by atoms with van der Waals surface area (Å²) in [5, 5.41) is 12.6. The van der Waals surface area contributed by atoms with E-state index >= 15 is 0 Å². The van der Waals surface area contributed by atoms with Crippen LogP contribution in [0.3, 0.4) is 0 Å². The Kier molecular flexibility index (Phi) is 7.42. The molecular weight excluding hydrogens is 440 g/mol. The molecule has 3 aromatic carbocycles. The summed E-state index contributed by atoms with van der Waals surface area (Å²) < 4.78 is 11.9. The van der Waals surface area contributed by atoms with E-state index in [1.807, 2.05) is 73.6 Å². The van der Waals surface area contributed by atoms with Crippen LogP contribution in [0.15, 0.2) is 63.8 Å². The Hall–Kier alpha value is -3.77.